The standard InChI is InChI=1S/C18H26N4O2/c1-13(2)15-5-7-16(8-6-15)24-12-18(23)21-17(14(3)4)11-22-19-9-10-20-22/h5-10,13-14,17H,11-12H2,1-4H3,(H,21,23). The lowest BCUT2D eigenvalue weighted by Crippen LogP contribution is -2.44. The van der Waals surface area contributed by atoms with Gasteiger partial charge in [0, 0.05) is 0 Å². The molecule has 0 spiro atoms. The topological polar surface area (TPSA) is 69.0 Å². The molecule has 1 aromatic carbocycles. The van der Waals surface area contributed by atoms with Gasteiger partial charge in [0.05, 0.1) is 25.0 Å². The molecule has 6 nitrogen and oxygen atoms in total. The minimum atomic E-state index is -0.145. The number of carbonyl (C=O) groups excluding carboxylic acids is 1. The molecule has 24 heavy (non-hydrogen) atoms. The number of nitrogens with zero attached hydrogens (tertiary/aromatic N) is 3. The third kappa shape index (κ3) is 5.37. The number of ether oxygens (including phenoxy) is 1. The van der Waals surface area contributed by atoms with Crippen molar-refractivity contribution in [1.82, 2.24) is 20.3 Å². The van der Waals surface area contributed by atoms with Crippen LogP contribution in [0.25, 0.3) is 0 Å². The van der Waals surface area contributed by atoms with Crippen LogP contribution in [0.3, 0.4) is 0 Å². The van der Waals surface area contributed by atoms with Gasteiger partial charge in [-0.3, -0.25) is 4.79 Å². The Kier molecular flexibility index (Phi) is 6.35. The predicted octanol–water partition coefficient (Wildman–Crippen LogP) is 2.62. The normalized spacial score (nSPS) is 12.4. The highest BCUT2D eigenvalue weighted by molar-refractivity contribution is 5.77. The lowest BCUT2D eigenvalue weighted by atomic mass is 10.0. The summed E-state index contributed by atoms with van der Waals surface area (Å²) in [7, 11) is 0. The van der Waals surface area contributed by atoms with Crippen LogP contribution in [0.2, 0.25) is 0 Å². The third-order valence-corrected chi connectivity index (χ3v) is 3.89. The number of carbonyl (C=O) groups is 1. The molecule has 0 saturated carbocycles. The van der Waals surface area contributed by atoms with Crippen molar-refractivity contribution in [2.75, 3.05) is 6.61 Å². The van der Waals surface area contributed by atoms with Gasteiger partial charge >= 0.3 is 0 Å². The maximum atomic E-state index is 12.1. The quantitative estimate of drug-likeness (QED) is 0.808. The molecule has 0 radical (unpaired) electrons. The molecule has 0 saturated heterocycles. The van der Waals surface area contributed by atoms with Crippen molar-refractivity contribution in [3.8, 4) is 5.75 Å². The molecule has 0 aliphatic rings. The summed E-state index contributed by atoms with van der Waals surface area (Å²) in [5, 5.41) is 11.2. The molecule has 2 rings (SSSR count). The first-order valence-electron chi connectivity index (χ1n) is 8.32. The van der Waals surface area contributed by atoms with Crippen molar-refractivity contribution in [3.63, 3.8) is 0 Å². The minimum Gasteiger partial charge on any atom is -0.484 e. The Hall–Kier alpha value is -2.37. The Bertz CT molecular complexity index is 621. The Morgan fingerprint density at radius 1 is 1.12 bits per heavy atom. The van der Waals surface area contributed by atoms with Crippen LogP contribution in [-0.4, -0.2) is 33.5 Å². The van der Waals surface area contributed by atoms with E-state index in [1.54, 1.807) is 17.2 Å². The number of aromatic nitrogens is 3. The smallest absolute Gasteiger partial charge is 0.258 e. The van der Waals surface area contributed by atoms with Crippen molar-refractivity contribution in [3.05, 3.63) is 42.2 Å². The van der Waals surface area contributed by atoms with Gasteiger partial charge in [0.15, 0.2) is 6.61 Å². The van der Waals surface area contributed by atoms with Crippen LogP contribution in [0.5, 0.6) is 5.75 Å². The largest absolute Gasteiger partial charge is 0.484 e. The molecule has 0 aliphatic heterocycles. The van der Waals surface area contributed by atoms with Crippen LogP contribution < -0.4 is 10.1 Å². The monoisotopic (exact) mass is 330 g/mol. The zero-order valence-electron chi connectivity index (χ0n) is 14.8. The van der Waals surface area contributed by atoms with Crippen molar-refractivity contribution in [2.45, 2.75) is 46.2 Å². The van der Waals surface area contributed by atoms with E-state index in [4.69, 9.17) is 4.74 Å². The molecule has 1 unspecified atom stereocenters. The van der Waals surface area contributed by atoms with Gasteiger partial charge in [-0.2, -0.15) is 15.0 Å². The SMILES string of the molecule is CC(C)c1ccc(OCC(=O)NC(Cn2nccn2)C(C)C)cc1. The van der Waals surface area contributed by atoms with Crippen LogP contribution in [0.4, 0.5) is 0 Å². The van der Waals surface area contributed by atoms with Crippen LogP contribution in [0, 0.1) is 5.92 Å². The first-order chi connectivity index (χ1) is 11.5. The lowest BCUT2D eigenvalue weighted by Gasteiger charge is -2.21. The molecule has 1 atom stereocenters. The molecule has 1 heterocycles. The maximum absolute atomic E-state index is 12.1. The van der Waals surface area contributed by atoms with E-state index in [9.17, 15) is 4.79 Å². The first-order valence-corrected chi connectivity index (χ1v) is 8.32. The van der Waals surface area contributed by atoms with E-state index >= 15 is 0 Å². The third-order valence-electron chi connectivity index (χ3n) is 3.89. The highest BCUT2D eigenvalue weighted by Crippen LogP contribution is 2.18. The van der Waals surface area contributed by atoms with Gasteiger partial charge in [-0.15, -0.1) is 0 Å². The number of hydrogen-bond donors (Lipinski definition) is 1. The Labute approximate surface area is 143 Å². The zero-order chi connectivity index (χ0) is 17.5. The summed E-state index contributed by atoms with van der Waals surface area (Å²) < 4.78 is 5.57. The van der Waals surface area contributed by atoms with E-state index in [0.29, 0.717) is 18.2 Å². The lowest BCUT2D eigenvalue weighted by molar-refractivity contribution is -0.124. The molecule has 1 N–H and O–H groups in total. The summed E-state index contributed by atoms with van der Waals surface area (Å²) in [4.78, 5) is 13.7. The second-order valence-electron chi connectivity index (χ2n) is 6.51. The molecule has 1 aromatic heterocycles. The van der Waals surface area contributed by atoms with Crippen molar-refractivity contribution in [2.24, 2.45) is 5.92 Å². The van der Waals surface area contributed by atoms with Gasteiger partial charge in [0.25, 0.3) is 5.91 Å². The highest BCUT2D eigenvalue weighted by Gasteiger charge is 2.18. The summed E-state index contributed by atoms with van der Waals surface area (Å²) >= 11 is 0. The maximum Gasteiger partial charge on any atom is 0.258 e. The van der Waals surface area contributed by atoms with Gasteiger partial charge < -0.3 is 10.1 Å². The van der Waals surface area contributed by atoms with Crippen molar-refractivity contribution >= 4 is 5.91 Å². The van der Waals surface area contributed by atoms with E-state index in [2.05, 4.69) is 43.2 Å². The van der Waals surface area contributed by atoms with Gasteiger partial charge in [-0.05, 0) is 29.5 Å². The van der Waals surface area contributed by atoms with Crippen LogP contribution >= 0.6 is 0 Å². The Morgan fingerprint density at radius 2 is 1.75 bits per heavy atom. The molecular weight excluding hydrogens is 304 g/mol. The van der Waals surface area contributed by atoms with Gasteiger partial charge in [-0.25, -0.2) is 0 Å². The summed E-state index contributed by atoms with van der Waals surface area (Å²) in [6.07, 6.45) is 3.26. The fourth-order valence-corrected chi connectivity index (χ4v) is 2.28. The molecule has 0 aliphatic carbocycles. The van der Waals surface area contributed by atoms with Gasteiger partial charge in [0.1, 0.15) is 5.75 Å². The van der Waals surface area contributed by atoms with E-state index in [1.807, 2.05) is 24.3 Å². The zero-order valence-corrected chi connectivity index (χ0v) is 14.8. The second-order valence-corrected chi connectivity index (χ2v) is 6.51. The van der Waals surface area contributed by atoms with Crippen molar-refractivity contribution < 1.29 is 9.53 Å². The second kappa shape index (κ2) is 8.47. The molecule has 0 fully saturated rings. The van der Waals surface area contributed by atoms with Crippen molar-refractivity contribution in [1.29, 1.82) is 0 Å². The van der Waals surface area contributed by atoms with Crippen LogP contribution in [0.1, 0.15) is 39.2 Å². The molecule has 6 heteroatoms. The van der Waals surface area contributed by atoms with E-state index in [1.165, 1.54) is 5.56 Å². The van der Waals surface area contributed by atoms with E-state index in [0.717, 1.165) is 0 Å². The average molecular weight is 330 g/mol. The summed E-state index contributed by atoms with van der Waals surface area (Å²) in [6.45, 7) is 8.93. The van der Waals surface area contributed by atoms with Crippen LogP contribution in [-0.2, 0) is 11.3 Å². The van der Waals surface area contributed by atoms with Crippen LogP contribution in [0.15, 0.2) is 36.7 Å². The molecule has 1 amide bonds. The Morgan fingerprint density at radius 3 is 2.29 bits per heavy atom. The molecule has 0 bridgehead atoms. The summed E-state index contributed by atoms with van der Waals surface area (Å²) in [5.41, 5.74) is 1.25. The highest BCUT2D eigenvalue weighted by atomic mass is 16.5. The number of benzene rings is 1. The number of nitrogens with one attached hydrogen (secondary N) is 1. The average Bonchev–Trinajstić information content (AvgIpc) is 3.05. The predicted molar refractivity (Wildman–Crippen MR) is 92.8 cm³/mol. The first kappa shape index (κ1) is 18.0. The van der Waals surface area contributed by atoms with E-state index in [-0.39, 0.29) is 24.5 Å². The fourth-order valence-electron chi connectivity index (χ4n) is 2.28. The van der Waals surface area contributed by atoms with Gasteiger partial charge in [-0.1, -0.05) is 39.8 Å². The molecule has 2 aromatic rings. The number of rotatable bonds is 8. The summed E-state index contributed by atoms with van der Waals surface area (Å²) in [6, 6.07) is 7.81. The fraction of sp³-hybridized carbons (Fsp3) is 0.500. The number of amides is 1. The summed E-state index contributed by atoms with van der Waals surface area (Å²) in [5.74, 6) is 1.30. The Balaban J connectivity index is 1.84. The molecule has 130 valence electrons. The number of hydrogen-bond acceptors (Lipinski definition) is 4. The van der Waals surface area contributed by atoms with Gasteiger partial charge in [0.2, 0.25) is 0 Å². The minimum absolute atomic E-state index is 0.00319. The molecular formula is C18H26N4O2. The van der Waals surface area contributed by atoms with E-state index < -0.39 is 0 Å².